The Hall–Kier alpha value is -1.50. The Morgan fingerprint density at radius 3 is 2.79 bits per heavy atom. The summed E-state index contributed by atoms with van der Waals surface area (Å²) in [6.07, 6.45) is 2.70. The van der Waals surface area contributed by atoms with Crippen molar-refractivity contribution in [3.8, 4) is 0 Å². The molecular weight excluding hydrogens is 357 g/mol. The maximum atomic E-state index is 12.0. The third-order valence-corrected chi connectivity index (χ3v) is 3.64. The number of nitrogens with zero attached hydrogens (tertiary/aromatic N) is 1. The van der Waals surface area contributed by atoms with Crippen LogP contribution in [-0.2, 0) is 11.3 Å². The van der Waals surface area contributed by atoms with Gasteiger partial charge in [-0.05, 0) is 41.1 Å². The molecule has 100 valence electrons. The lowest BCUT2D eigenvalue weighted by molar-refractivity contribution is 0.159. The van der Waals surface area contributed by atoms with Gasteiger partial charge >= 0.3 is 6.09 Å². The Morgan fingerprint density at radius 1 is 1.37 bits per heavy atom. The third-order valence-electron chi connectivity index (χ3n) is 2.59. The summed E-state index contributed by atoms with van der Waals surface area (Å²) < 4.78 is 11.2. The summed E-state index contributed by atoms with van der Waals surface area (Å²) >= 11 is 2.25. The van der Waals surface area contributed by atoms with Gasteiger partial charge in [0.1, 0.15) is 6.26 Å². The number of halogens is 1. The summed E-state index contributed by atoms with van der Waals surface area (Å²) in [6.45, 7) is 2.59. The van der Waals surface area contributed by atoms with E-state index in [9.17, 15) is 4.79 Å². The highest BCUT2D eigenvalue weighted by Gasteiger charge is 2.19. The van der Waals surface area contributed by atoms with Crippen molar-refractivity contribution in [2.45, 2.75) is 13.5 Å². The molecule has 0 saturated heterocycles. The molecule has 0 aliphatic rings. The lowest BCUT2D eigenvalue weighted by atomic mass is 10.2. The molecule has 0 atom stereocenters. The number of carbonyl (C=O) groups excluding carboxylic acids is 1. The molecule has 5 heteroatoms. The molecule has 0 aliphatic carbocycles. The fraction of sp³-hybridized carbons (Fsp3) is 0.214. The summed E-state index contributed by atoms with van der Waals surface area (Å²) in [5.74, 6) is 0. The lowest BCUT2D eigenvalue weighted by Gasteiger charge is -2.20. The summed E-state index contributed by atoms with van der Waals surface area (Å²) in [5.41, 5.74) is 1.76. The van der Waals surface area contributed by atoms with Crippen LogP contribution >= 0.6 is 22.6 Å². The van der Waals surface area contributed by atoms with Gasteiger partial charge in [-0.2, -0.15) is 0 Å². The maximum absolute atomic E-state index is 12.0. The molecule has 1 amide bonds. The van der Waals surface area contributed by atoms with Crippen LogP contribution in [0.15, 0.2) is 47.3 Å². The average Bonchev–Trinajstić information content (AvgIpc) is 2.91. The molecule has 2 aromatic rings. The zero-order chi connectivity index (χ0) is 13.7. The van der Waals surface area contributed by atoms with E-state index in [0.717, 1.165) is 9.13 Å². The molecule has 0 N–H and O–H groups in total. The van der Waals surface area contributed by atoms with E-state index < -0.39 is 0 Å². The highest BCUT2D eigenvalue weighted by molar-refractivity contribution is 14.1. The van der Waals surface area contributed by atoms with Crippen molar-refractivity contribution in [2.75, 3.05) is 11.5 Å². The van der Waals surface area contributed by atoms with Crippen LogP contribution in [0, 0.1) is 3.57 Å². The molecule has 0 radical (unpaired) electrons. The third kappa shape index (κ3) is 3.50. The maximum Gasteiger partial charge on any atom is 0.414 e. The van der Waals surface area contributed by atoms with Gasteiger partial charge in [-0.1, -0.05) is 18.2 Å². The Kier molecular flexibility index (Phi) is 4.84. The lowest BCUT2D eigenvalue weighted by Crippen LogP contribution is -2.31. The molecule has 4 nitrogen and oxygen atoms in total. The first-order valence-corrected chi connectivity index (χ1v) is 7.00. The molecule has 1 aromatic heterocycles. The molecule has 2 rings (SSSR count). The molecule has 0 fully saturated rings. The zero-order valence-corrected chi connectivity index (χ0v) is 12.7. The highest BCUT2D eigenvalue weighted by Crippen LogP contribution is 2.21. The fourth-order valence-corrected chi connectivity index (χ4v) is 2.23. The van der Waals surface area contributed by atoms with Crippen LogP contribution in [0.2, 0.25) is 0 Å². The van der Waals surface area contributed by atoms with E-state index in [1.807, 2.05) is 24.3 Å². The molecule has 0 aliphatic heterocycles. The fourth-order valence-electron chi connectivity index (χ4n) is 1.67. The largest absolute Gasteiger partial charge is 0.470 e. The first-order valence-electron chi connectivity index (χ1n) is 5.92. The van der Waals surface area contributed by atoms with E-state index in [1.54, 1.807) is 17.9 Å². The number of amides is 1. The summed E-state index contributed by atoms with van der Waals surface area (Å²) in [7, 11) is 0. The van der Waals surface area contributed by atoms with Gasteiger partial charge in [0.15, 0.2) is 0 Å². The predicted octanol–water partition coefficient (Wildman–Crippen LogP) is 4.05. The van der Waals surface area contributed by atoms with Gasteiger partial charge in [0.25, 0.3) is 0 Å². The number of hydrogen-bond donors (Lipinski definition) is 0. The second-order valence-corrected chi connectivity index (χ2v) is 5.02. The smallest absolute Gasteiger partial charge is 0.414 e. The van der Waals surface area contributed by atoms with Crippen molar-refractivity contribution in [1.29, 1.82) is 0 Å². The quantitative estimate of drug-likeness (QED) is 0.762. The number of anilines is 1. The molecule has 0 spiro atoms. The number of carbonyl (C=O) groups is 1. The van der Waals surface area contributed by atoms with Crippen LogP contribution in [0.5, 0.6) is 0 Å². The number of hydrogen-bond acceptors (Lipinski definition) is 3. The second kappa shape index (κ2) is 6.60. The Balaban J connectivity index is 2.24. The molecule has 0 bridgehead atoms. The van der Waals surface area contributed by atoms with E-state index in [1.165, 1.54) is 12.5 Å². The van der Waals surface area contributed by atoms with Crippen molar-refractivity contribution < 1.29 is 13.9 Å². The summed E-state index contributed by atoms with van der Waals surface area (Å²) in [4.78, 5) is 13.6. The van der Waals surface area contributed by atoms with Crippen LogP contribution in [0.4, 0.5) is 10.5 Å². The minimum Gasteiger partial charge on any atom is -0.470 e. The number of ether oxygens (including phenoxy) is 1. The van der Waals surface area contributed by atoms with Crippen molar-refractivity contribution in [1.82, 2.24) is 0 Å². The minimum absolute atomic E-state index is 0.346. The predicted molar refractivity (Wildman–Crippen MR) is 81.1 cm³/mol. The van der Waals surface area contributed by atoms with Crippen LogP contribution in [-0.4, -0.2) is 12.7 Å². The van der Waals surface area contributed by atoms with Crippen molar-refractivity contribution in [3.63, 3.8) is 0 Å². The Morgan fingerprint density at radius 2 is 2.16 bits per heavy atom. The highest BCUT2D eigenvalue weighted by atomic mass is 127. The first kappa shape index (κ1) is 13.9. The van der Waals surface area contributed by atoms with Crippen LogP contribution < -0.4 is 4.90 Å². The van der Waals surface area contributed by atoms with Gasteiger partial charge in [0.05, 0.1) is 25.1 Å². The number of furan rings is 1. The Labute approximate surface area is 125 Å². The number of benzene rings is 1. The van der Waals surface area contributed by atoms with Crippen molar-refractivity contribution in [3.05, 3.63) is 52.0 Å². The Bertz CT molecular complexity index is 539. The number of rotatable bonds is 4. The SMILES string of the molecule is CCOC(=O)N(Cc1ccccc1I)c1ccoc1. The van der Waals surface area contributed by atoms with Gasteiger partial charge in [-0.15, -0.1) is 0 Å². The van der Waals surface area contributed by atoms with Gasteiger partial charge in [0, 0.05) is 9.64 Å². The van der Waals surface area contributed by atoms with Gasteiger partial charge in [-0.3, -0.25) is 4.90 Å². The molecule has 1 aromatic carbocycles. The zero-order valence-electron chi connectivity index (χ0n) is 10.5. The standard InChI is InChI=1S/C14H14INO3/c1-2-19-14(17)16(12-7-8-18-10-12)9-11-5-3-4-6-13(11)15/h3-8,10H,2,9H2,1H3. The average molecular weight is 371 g/mol. The molecule has 1 heterocycles. The van der Waals surface area contributed by atoms with E-state index >= 15 is 0 Å². The van der Waals surface area contributed by atoms with E-state index in [-0.39, 0.29) is 6.09 Å². The normalized spacial score (nSPS) is 10.2. The van der Waals surface area contributed by atoms with Gasteiger partial charge < -0.3 is 9.15 Å². The summed E-state index contributed by atoms with van der Waals surface area (Å²) in [5, 5.41) is 0. The monoisotopic (exact) mass is 371 g/mol. The van der Waals surface area contributed by atoms with Crippen LogP contribution in [0.25, 0.3) is 0 Å². The van der Waals surface area contributed by atoms with Crippen molar-refractivity contribution >= 4 is 34.4 Å². The molecular formula is C14H14INO3. The van der Waals surface area contributed by atoms with Crippen LogP contribution in [0.1, 0.15) is 12.5 Å². The molecule has 0 unspecified atom stereocenters. The molecule has 19 heavy (non-hydrogen) atoms. The van der Waals surface area contributed by atoms with Crippen LogP contribution in [0.3, 0.4) is 0 Å². The molecule has 0 saturated carbocycles. The topological polar surface area (TPSA) is 42.7 Å². The van der Waals surface area contributed by atoms with Crippen molar-refractivity contribution in [2.24, 2.45) is 0 Å². The van der Waals surface area contributed by atoms with E-state index in [4.69, 9.17) is 9.15 Å². The van der Waals surface area contributed by atoms with E-state index in [2.05, 4.69) is 22.6 Å². The second-order valence-electron chi connectivity index (χ2n) is 3.86. The van der Waals surface area contributed by atoms with E-state index in [0.29, 0.717) is 18.8 Å². The minimum atomic E-state index is -0.372. The summed E-state index contributed by atoms with van der Waals surface area (Å²) in [6, 6.07) is 9.67. The first-order chi connectivity index (χ1) is 9.22. The van der Waals surface area contributed by atoms with Gasteiger partial charge in [0.2, 0.25) is 0 Å². The van der Waals surface area contributed by atoms with Gasteiger partial charge in [-0.25, -0.2) is 4.79 Å².